The van der Waals surface area contributed by atoms with Crippen molar-refractivity contribution in [2.45, 2.75) is 11.8 Å². The van der Waals surface area contributed by atoms with Gasteiger partial charge in [0.2, 0.25) is 10.0 Å². The first kappa shape index (κ1) is 21.0. The summed E-state index contributed by atoms with van der Waals surface area (Å²) in [5, 5.41) is 12.8. The standard InChI is InChI=1S/C17H18N4O6S/c1-12-3-9-15(10-4-12)28(25,26)20(2)11-16(22)27-19-17(18)13-5-7-14(8-6-13)21(23)24/h3-10H,11H2,1-2H3,(H2,18,19)/p+1. The largest absolute Gasteiger partial charge is 0.372 e. The third-order valence-corrected chi connectivity index (χ3v) is 5.56. The summed E-state index contributed by atoms with van der Waals surface area (Å²) in [6.07, 6.45) is 0. The van der Waals surface area contributed by atoms with Gasteiger partial charge in [0.1, 0.15) is 6.54 Å². The van der Waals surface area contributed by atoms with E-state index in [4.69, 9.17) is 10.6 Å². The second-order valence-electron chi connectivity index (χ2n) is 5.87. The summed E-state index contributed by atoms with van der Waals surface area (Å²) in [5.41, 5.74) is 6.87. The number of carbonyl (C=O) groups is 1. The predicted octanol–water partition coefficient (Wildman–Crippen LogP) is -0.532. The Kier molecular flexibility index (Phi) is 6.44. The van der Waals surface area contributed by atoms with Crippen LogP contribution >= 0.6 is 0 Å². The molecule has 0 unspecified atom stereocenters. The van der Waals surface area contributed by atoms with Gasteiger partial charge in [0, 0.05) is 19.2 Å². The molecule has 0 aliphatic carbocycles. The van der Waals surface area contributed by atoms with E-state index in [0.717, 1.165) is 9.87 Å². The van der Waals surface area contributed by atoms with Gasteiger partial charge >= 0.3 is 11.8 Å². The Balaban J connectivity index is 2.01. The van der Waals surface area contributed by atoms with E-state index in [0.29, 0.717) is 5.56 Å². The van der Waals surface area contributed by atoms with E-state index in [1.54, 1.807) is 12.1 Å². The maximum absolute atomic E-state index is 12.4. The number of sulfonamides is 1. The van der Waals surface area contributed by atoms with Gasteiger partial charge in [0.15, 0.2) is 0 Å². The lowest BCUT2D eigenvalue weighted by atomic mass is 10.2. The van der Waals surface area contributed by atoms with Crippen molar-refractivity contribution in [3.63, 3.8) is 0 Å². The number of aryl methyl sites for hydroxylation is 1. The molecule has 2 aromatic rings. The number of nitrogens with zero attached hydrogens (tertiary/aromatic N) is 2. The van der Waals surface area contributed by atoms with Gasteiger partial charge in [-0.25, -0.2) is 13.2 Å². The molecule has 0 aromatic heterocycles. The third-order valence-electron chi connectivity index (χ3n) is 3.74. The number of nitrogen functional groups attached to an aromatic ring is 1. The fraction of sp³-hybridized carbons (Fsp3) is 0.176. The number of carbonyl (C=O) groups excluding carboxylic acids is 1. The predicted molar refractivity (Wildman–Crippen MR) is 99.4 cm³/mol. The van der Waals surface area contributed by atoms with Crippen LogP contribution in [0.3, 0.4) is 0 Å². The van der Waals surface area contributed by atoms with Crippen LogP contribution in [0.1, 0.15) is 11.1 Å². The molecular weight excluding hydrogens is 388 g/mol. The van der Waals surface area contributed by atoms with E-state index in [1.165, 1.54) is 43.4 Å². The molecule has 0 aliphatic rings. The number of non-ortho nitro benzene ring substituents is 1. The van der Waals surface area contributed by atoms with Gasteiger partial charge in [0.05, 0.1) is 15.4 Å². The summed E-state index contributed by atoms with van der Waals surface area (Å²) < 4.78 is 25.7. The van der Waals surface area contributed by atoms with E-state index in [9.17, 15) is 23.3 Å². The number of likely N-dealkylation sites (N-methyl/N-ethyl adjacent to an activating group) is 1. The van der Waals surface area contributed by atoms with Crippen molar-refractivity contribution >= 4 is 27.5 Å². The van der Waals surface area contributed by atoms with Crippen molar-refractivity contribution in [1.82, 2.24) is 4.31 Å². The second kappa shape index (κ2) is 8.59. The number of nitro groups is 1. The summed E-state index contributed by atoms with van der Waals surface area (Å²) in [6.45, 7) is 1.28. The van der Waals surface area contributed by atoms with Gasteiger partial charge in [-0.2, -0.15) is 4.31 Å². The fourth-order valence-corrected chi connectivity index (χ4v) is 3.24. The highest BCUT2D eigenvalue weighted by molar-refractivity contribution is 7.89. The normalized spacial score (nSPS) is 12.0. The minimum atomic E-state index is -3.85. The first-order valence-corrected chi connectivity index (χ1v) is 9.41. The maximum atomic E-state index is 12.4. The van der Waals surface area contributed by atoms with Gasteiger partial charge < -0.3 is 0 Å². The SMILES string of the molecule is Cc1ccc(S(=O)(=O)N(C)CC(=O)O[NH+]=C(N)c2ccc([N+](=O)[O-])cc2)cc1. The van der Waals surface area contributed by atoms with Crippen LogP contribution in [0.5, 0.6) is 0 Å². The summed E-state index contributed by atoms with van der Waals surface area (Å²) >= 11 is 0. The number of hydrogen-bond acceptors (Lipinski definition) is 6. The van der Waals surface area contributed by atoms with Gasteiger partial charge in [-0.1, -0.05) is 22.9 Å². The molecule has 28 heavy (non-hydrogen) atoms. The first-order chi connectivity index (χ1) is 13.1. The quantitative estimate of drug-likeness (QED) is 0.206. The molecule has 148 valence electrons. The van der Waals surface area contributed by atoms with Gasteiger partial charge in [-0.15, -0.1) is 0 Å². The number of nitrogens with one attached hydrogen (secondary N) is 1. The lowest BCUT2D eigenvalue weighted by Gasteiger charge is -2.15. The number of nitrogens with two attached hydrogens (primary N) is 1. The molecule has 0 aliphatic heterocycles. The van der Waals surface area contributed by atoms with Crippen LogP contribution in [0, 0.1) is 17.0 Å². The second-order valence-corrected chi connectivity index (χ2v) is 7.91. The number of benzene rings is 2. The number of nitro benzene ring substituents is 1. The smallest absolute Gasteiger partial charge is 0.284 e. The molecule has 0 saturated heterocycles. The van der Waals surface area contributed by atoms with Crippen molar-refractivity contribution in [2.75, 3.05) is 13.6 Å². The topological polar surface area (TPSA) is 147 Å². The maximum Gasteiger partial charge on any atom is 0.372 e. The molecule has 0 heterocycles. The van der Waals surface area contributed by atoms with Crippen molar-refractivity contribution in [3.8, 4) is 0 Å². The van der Waals surface area contributed by atoms with Crippen LogP contribution in [0.2, 0.25) is 0 Å². The number of hydrogen-bond donors (Lipinski definition) is 2. The van der Waals surface area contributed by atoms with Crippen molar-refractivity contribution < 1.29 is 28.1 Å². The van der Waals surface area contributed by atoms with Crippen molar-refractivity contribution in [1.29, 1.82) is 0 Å². The molecular formula is C17H19N4O6S+. The molecule has 2 rings (SSSR count). The zero-order chi connectivity index (χ0) is 20.9. The van der Waals surface area contributed by atoms with Gasteiger partial charge in [-0.05, 0) is 31.2 Å². The highest BCUT2D eigenvalue weighted by Gasteiger charge is 2.24. The molecule has 0 radical (unpaired) electrons. The van der Waals surface area contributed by atoms with Crippen molar-refractivity contribution in [2.24, 2.45) is 5.73 Å². The van der Waals surface area contributed by atoms with Crippen LogP contribution in [-0.4, -0.2) is 43.0 Å². The molecule has 2 aromatic carbocycles. The Labute approximate surface area is 161 Å². The summed E-state index contributed by atoms with van der Waals surface area (Å²) in [7, 11) is -2.60. The van der Waals surface area contributed by atoms with E-state index in [2.05, 4.69) is 5.16 Å². The summed E-state index contributed by atoms with van der Waals surface area (Å²) in [4.78, 5) is 26.8. The van der Waals surface area contributed by atoms with Crippen LogP contribution < -0.4 is 10.9 Å². The molecule has 0 bridgehead atoms. The highest BCUT2D eigenvalue weighted by Crippen LogP contribution is 2.14. The fourth-order valence-electron chi connectivity index (χ4n) is 2.12. The van der Waals surface area contributed by atoms with E-state index in [-0.39, 0.29) is 16.4 Å². The van der Waals surface area contributed by atoms with Gasteiger partial charge in [0.25, 0.3) is 5.69 Å². The van der Waals surface area contributed by atoms with Crippen LogP contribution in [0.4, 0.5) is 5.69 Å². The number of amidine groups is 1. The Morgan fingerprint density at radius 1 is 1.18 bits per heavy atom. The first-order valence-electron chi connectivity index (χ1n) is 7.97. The van der Waals surface area contributed by atoms with Crippen LogP contribution in [-0.2, 0) is 19.7 Å². The summed E-state index contributed by atoms with van der Waals surface area (Å²) in [5.74, 6) is -0.949. The monoisotopic (exact) mass is 407 g/mol. The summed E-state index contributed by atoms with van der Waals surface area (Å²) in [6, 6.07) is 11.4. The number of rotatable bonds is 7. The molecule has 0 saturated carbocycles. The van der Waals surface area contributed by atoms with E-state index < -0.39 is 27.5 Å². The molecule has 0 atom stereocenters. The molecule has 3 N–H and O–H groups in total. The molecule has 0 fully saturated rings. The minimum absolute atomic E-state index is 0.0540. The Morgan fingerprint density at radius 2 is 1.75 bits per heavy atom. The Morgan fingerprint density at radius 3 is 2.29 bits per heavy atom. The van der Waals surface area contributed by atoms with Gasteiger partial charge in [-0.3, -0.25) is 20.7 Å². The Hall–Kier alpha value is -3.31. The van der Waals surface area contributed by atoms with Crippen molar-refractivity contribution in [3.05, 3.63) is 69.8 Å². The zero-order valence-corrected chi connectivity index (χ0v) is 16.0. The minimum Gasteiger partial charge on any atom is -0.284 e. The van der Waals surface area contributed by atoms with Crippen LogP contribution in [0.25, 0.3) is 0 Å². The Bertz CT molecular complexity index is 1000. The molecule has 11 heteroatoms. The third kappa shape index (κ3) is 5.11. The zero-order valence-electron chi connectivity index (χ0n) is 15.2. The molecule has 10 nitrogen and oxygen atoms in total. The average molecular weight is 407 g/mol. The molecule has 0 spiro atoms. The van der Waals surface area contributed by atoms with Crippen LogP contribution in [0.15, 0.2) is 53.4 Å². The molecule has 0 amide bonds. The van der Waals surface area contributed by atoms with E-state index in [1.807, 2.05) is 6.92 Å². The highest BCUT2D eigenvalue weighted by atomic mass is 32.2. The average Bonchev–Trinajstić information content (AvgIpc) is 2.66. The lowest BCUT2D eigenvalue weighted by Crippen LogP contribution is -2.76. The van der Waals surface area contributed by atoms with E-state index >= 15 is 0 Å². The lowest BCUT2D eigenvalue weighted by molar-refractivity contribution is -0.723.